The van der Waals surface area contributed by atoms with Gasteiger partial charge in [-0.1, -0.05) is 147 Å². The molecule has 9 aromatic carbocycles. The predicted molar refractivity (Wildman–Crippen MR) is 232 cm³/mol. The highest BCUT2D eigenvalue weighted by Gasteiger charge is 2.36. The highest BCUT2D eigenvalue weighted by molar-refractivity contribution is 6.17. The third-order valence-corrected chi connectivity index (χ3v) is 11.8. The van der Waals surface area contributed by atoms with Gasteiger partial charge < -0.3 is 9.32 Å². The van der Waals surface area contributed by atoms with Crippen LogP contribution in [0.25, 0.3) is 76.9 Å². The van der Waals surface area contributed by atoms with Crippen molar-refractivity contribution >= 4 is 60.5 Å². The van der Waals surface area contributed by atoms with Gasteiger partial charge in [-0.15, -0.1) is 0 Å². The van der Waals surface area contributed by atoms with Crippen LogP contribution in [0.3, 0.4) is 0 Å². The number of benzene rings is 9. The van der Waals surface area contributed by atoms with Crippen LogP contribution >= 0.6 is 0 Å². The summed E-state index contributed by atoms with van der Waals surface area (Å²) >= 11 is 0. The number of hydrogen-bond acceptors (Lipinski definition) is 2. The first kappa shape index (κ1) is 31.6. The normalized spacial score (nSPS) is 13.1. The molecule has 0 radical (unpaired) electrons. The maximum absolute atomic E-state index is 6.57. The van der Waals surface area contributed by atoms with Gasteiger partial charge >= 0.3 is 0 Å². The highest BCUT2D eigenvalue weighted by atomic mass is 16.3. The number of rotatable bonds is 5. The van der Waals surface area contributed by atoms with E-state index < -0.39 is 0 Å². The van der Waals surface area contributed by atoms with Gasteiger partial charge in [0.1, 0.15) is 11.2 Å². The summed E-state index contributed by atoms with van der Waals surface area (Å²) in [6.07, 6.45) is 0. The van der Waals surface area contributed by atoms with Gasteiger partial charge in [0.05, 0.1) is 5.69 Å². The van der Waals surface area contributed by atoms with Crippen LogP contribution in [-0.4, -0.2) is 0 Å². The minimum Gasteiger partial charge on any atom is -0.456 e. The molecular weight excluding hydrogens is 667 g/mol. The molecule has 0 spiro atoms. The quantitative estimate of drug-likeness (QED) is 0.177. The summed E-state index contributed by atoms with van der Waals surface area (Å²) in [5.41, 5.74) is 14.9. The van der Waals surface area contributed by atoms with Gasteiger partial charge in [-0.3, -0.25) is 0 Å². The van der Waals surface area contributed by atoms with E-state index in [4.69, 9.17) is 4.42 Å². The Kier molecular flexibility index (Phi) is 6.93. The summed E-state index contributed by atoms with van der Waals surface area (Å²) in [4.78, 5) is 2.47. The molecule has 2 heteroatoms. The van der Waals surface area contributed by atoms with Crippen LogP contribution in [0.4, 0.5) is 17.1 Å². The van der Waals surface area contributed by atoms with Crippen LogP contribution in [0, 0.1) is 0 Å². The molecule has 0 aliphatic heterocycles. The Morgan fingerprint density at radius 1 is 0.418 bits per heavy atom. The van der Waals surface area contributed by atoms with Crippen molar-refractivity contribution in [3.05, 3.63) is 199 Å². The molecule has 1 aliphatic carbocycles. The maximum atomic E-state index is 6.57. The third-order valence-electron chi connectivity index (χ3n) is 11.8. The van der Waals surface area contributed by atoms with Crippen LogP contribution < -0.4 is 4.90 Å². The van der Waals surface area contributed by atoms with Gasteiger partial charge in [0, 0.05) is 33.1 Å². The Hall–Kier alpha value is -6.90. The standard InChI is InChI=1S/C53H37NO/c1-53(2)46-20-9-7-18-43(46)44-27-26-42(33-47(44)53)54(41-17-11-16-38(32-41)39-24-22-34-12-3-5-14-36(34)30-39)48-28-29-50-52(45-19-8-10-21-49(45)55-50)51(48)40-25-23-35-13-4-6-15-37(35)31-40/h3-33H,1-2H3. The fourth-order valence-electron chi connectivity index (χ4n) is 9.08. The smallest absolute Gasteiger partial charge is 0.136 e. The molecule has 0 saturated carbocycles. The van der Waals surface area contributed by atoms with Crippen LogP contribution in [-0.2, 0) is 5.41 Å². The van der Waals surface area contributed by atoms with Crippen molar-refractivity contribution in [2.24, 2.45) is 0 Å². The molecule has 1 aliphatic rings. The lowest BCUT2D eigenvalue weighted by Gasteiger charge is -2.30. The second-order valence-corrected chi connectivity index (χ2v) is 15.3. The third kappa shape index (κ3) is 4.95. The molecule has 10 aromatic rings. The first-order valence-corrected chi connectivity index (χ1v) is 19.1. The molecule has 0 N–H and O–H groups in total. The fraction of sp³-hybridized carbons (Fsp3) is 0.0566. The molecule has 0 saturated heterocycles. The van der Waals surface area contributed by atoms with E-state index in [2.05, 4.69) is 207 Å². The van der Waals surface area contributed by atoms with Crippen molar-refractivity contribution in [2.45, 2.75) is 19.3 Å². The highest BCUT2D eigenvalue weighted by Crippen LogP contribution is 2.52. The van der Waals surface area contributed by atoms with Crippen LogP contribution in [0.1, 0.15) is 25.0 Å². The molecule has 0 unspecified atom stereocenters. The van der Waals surface area contributed by atoms with E-state index in [0.29, 0.717) is 0 Å². The van der Waals surface area contributed by atoms with E-state index in [1.165, 1.54) is 54.9 Å². The van der Waals surface area contributed by atoms with Gasteiger partial charge in [-0.05, 0) is 115 Å². The average molecular weight is 704 g/mol. The first-order chi connectivity index (χ1) is 27.0. The molecule has 1 heterocycles. The predicted octanol–water partition coefficient (Wildman–Crippen LogP) is 15.0. The number of para-hydroxylation sites is 1. The molecule has 1 aromatic heterocycles. The van der Waals surface area contributed by atoms with E-state index in [-0.39, 0.29) is 5.41 Å². The van der Waals surface area contributed by atoms with Crippen molar-refractivity contribution in [1.29, 1.82) is 0 Å². The van der Waals surface area contributed by atoms with Gasteiger partial charge in [-0.25, -0.2) is 0 Å². The molecule has 55 heavy (non-hydrogen) atoms. The van der Waals surface area contributed by atoms with Crippen molar-refractivity contribution in [1.82, 2.24) is 0 Å². The van der Waals surface area contributed by atoms with E-state index in [0.717, 1.165) is 50.1 Å². The lowest BCUT2D eigenvalue weighted by molar-refractivity contribution is 0.660. The minimum atomic E-state index is -0.146. The number of nitrogens with zero attached hydrogens (tertiary/aromatic N) is 1. The molecule has 0 amide bonds. The summed E-state index contributed by atoms with van der Waals surface area (Å²) in [7, 11) is 0. The van der Waals surface area contributed by atoms with E-state index in [1.807, 2.05) is 0 Å². The second kappa shape index (κ2) is 12.1. The summed E-state index contributed by atoms with van der Waals surface area (Å²) in [6, 6.07) is 68.6. The molecule has 0 atom stereocenters. The molecule has 0 fully saturated rings. The van der Waals surface area contributed by atoms with E-state index in [1.54, 1.807) is 0 Å². The lowest BCUT2D eigenvalue weighted by Crippen LogP contribution is -2.17. The summed E-state index contributed by atoms with van der Waals surface area (Å²) in [6.45, 7) is 4.71. The van der Waals surface area contributed by atoms with Crippen molar-refractivity contribution in [3.8, 4) is 33.4 Å². The molecule has 11 rings (SSSR count). The summed E-state index contributed by atoms with van der Waals surface area (Å²) < 4.78 is 6.57. The SMILES string of the molecule is CC1(C)c2ccccc2-c2ccc(N(c3cccc(-c4ccc5ccccc5c4)c3)c3ccc4oc5ccccc5c4c3-c3ccc4ccccc4c3)cc21. The van der Waals surface area contributed by atoms with E-state index >= 15 is 0 Å². The Labute approximate surface area is 320 Å². The van der Waals surface area contributed by atoms with Crippen LogP contribution in [0.2, 0.25) is 0 Å². The molecule has 260 valence electrons. The van der Waals surface area contributed by atoms with Gasteiger partial charge in [0.25, 0.3) is 0 Å². The van der Waals surface area contributed by atoms with Gasteiger partial charge in [-0.2, -0.15) is 0 Å². The largest absolute Gasteiger partial charge is 0.456 e. The zero-order chi connectivity index (χ0) is 36.7. The Morgan fingerprint density at radius 2 is 1.05 bits per heavy atom. The lowest BCUT2D eigenvalue weighted by atomic mass is 9.82. The monoisotopic (exact) mass is 703 g/mol. The van der Waals surface area contributed by atoms with Crippen LogP contribution in [0.5, 0.6) is 0 Å². The van der Waals surface area contributed by atoms with Crippen molar-refractivity contribution in [2.75, 3.05) is 4.90 Å². The Bertz CT molecular complexity index is 3150. The van der Waals surface area contributed by atoms with Crippen LogP contribution in [0.15, 0.2) is 192 Å². The molecule has 2 nitrogen and oxygen atoms in total. The topological polar surface area (TPSA) is 16.4 Å². The average Bonchev–Trinajstić information content (AvgIpc) is 3.72. The Balaban J connectivity index is 1.20. The van der Waals surface area contributed by atoms with Crippen molar-refractivity contribution in [3.63, 3.8) is 0 Å². The zero-order valence-corrected chi connectivity index (χ0v) is 30.8. The van der Waals surface area contributed by atoms with Gasteiger partial charge in [0.15, 0.2) is 0 Å². The summed E-state index contributed by atoms with van der Waals surface area (Å²) in [5.74, 6) is 0. The minimum absolute atomic E-state index is 0.146. The van der Waals surface area contributed by atoms with Gasteiger partial charge in [0.2, 0.25) is 0 Å². The second-order valence-electron chi connectivity index (χ2n) is 15.3. The molecular formula is C53H37NO. The number of hydrogen-bond donors (Lipinski definition) is 0. The fourth-order valence-corrected chi connectivity index (χ4v) is 9.08. The van der Waals surface area contributed by atoms with Crippen molar-refractivity contribution < 1.29 is 4.42 Å². The van der Waals surface area contributed by atoms with E-state index in [9.17, 15) is 0 Å². The number of furan rings is 1. The maximum Gasteiger partial charge on any atom is 0.136 e. The zero-order valence-electron chi connectivity index (χ0n) is 30.8. The Morgan fingerprint density at radius 3 is 1.87 bits per heavy atom. The molecule has 0 bridgehead atoms. The first-order valence-electron chi connectivity index (χ1n) is 19.1. The number of anilines is 3. The number of fused-ring (bicyclic) bond motifs is 8. The summed E-state index contributed by atoms with van der Waals surface area (Å²) in [5, 5.41) is 7.13.